The maximum atomic E-state index is 11.0. The summed E-state index contributed by atoms with van der Waals surface area (Å²) in [6.07, 6.45) is 6.57. The van der Waals surface area contributed by atoms with Gasteiger partial charge in [0, 0.05) is 23.0 Å². The normalized spacial score (nSPS) is 25.1. The van der Waals surface area contributed by atoms with Crippen LogP contribution in [0.4, 0.5) is 0 Å². The van der Waals surface area contributed by atoms with Gasteiger partial charge in [0.2, 0.25) is 0 Å². The fourth-order valence-electron chi connectivity index (χ4n) is 1.64. The molecule has 86 valence electrons. The molecule has 0 aliphatic carbocycles. The average Bonchev–Trinajstić information content (AvgIpc) is 2.10. The molecule has 0 bridgehead atoms. The van der Waals surface area contributed by atoms with Crippen molar-refractivity contribution in [3.8, 4) is 0 Å². The molecule has 0 aromatic carbocycles. The minimum Gasteiger partial charge on any atom is -0.306 e. The van der Waals surface area contributed by atoms with E-state index >= 15 is 0 Å². The first-order valence-corrected chi connectivity index (χ1v) is 5.64. The largest absolute Gasteiger partial charge is 0.306 e. The molecular weight excluding hydrogens is 277 g/mol. The molecule has 0 spiro atoms. The molecule has 0 saturated heterocycles. The van der Waals surface area contributed by atoms with E-state index in [1.165, 1.54) is 0 Å². The molecule has 4 heteroatoms. The molecule has 15 heavy (non-hydrogen) atoms. The summed E-state index contributed by atoms with van der Waals surface area (Å²) in [4.78, 5) is 11.0. The highest BCUT2D eigenvalue weighted by Gasteiger charge is 2.21. The molecule has 0 fully saturated rings. The van der Waals surface area contributed by atoms with Gasteiger partial charge in [-0.05, 0) is 19.8 Å². The Kier molecular flexibility index (Phi) is 7.14. The van der Waals surface area contributed by atoms with E-state index < -0.39 is 0 Å². The lowest BCUT2D eigenvalue weighted by molar-refractivity contribution is -0.117. The zero-order valence-electron chi connectivity index (χ0n) is 8.83. The molecule has 0 amide bonds. The van der Waals surface area contributed by atoms with Crippen LogP contribution in [0.5, 0.6) is 0 Å². The van der Waals surface area contributed by atoms with Gasteiger partial charge in [-0.15, -0.1) is 19.0 Å². The predicted octanol–water partition coefficient (Wildman–Crippen LogP) is 2.97. The summed E-state index contributed by atoms with van der Waals surface area (Å²) in [6, 6.07) is 0.587. The second kappa shape index (κ2) is 7.20. The number of carbonyl (C=O) groups excluding carboxylic acids is 1. The van der Waals surface area contributed by atoms with Crippen LogP contribution >= 0.6 is 28.3 Å². The summed E-state index contributed by atoms with van der Waals surface area (Å²) in [7, 11) is 0. The first kappa shape index (κ1) is 14.9. The lowest BCUT2D eigenvalue weighted by Crippen LogP contribution is -2.42. The number of hydrogen-bond donors (Lipinski definition) is 1. The Labute approximate surface area is 106 Å². The first-order chi connectivity index (χ1) is 6.63. The number of halogens is 2. The van der Waals surface area contributed by atoms with Crippen molar-refractivity contribution < 1.29 is 4.79 Å². The van der Waals surface area contributed by atoms with Crippen LogP contribution in [-0.4, -0.2) is 17.9 Å². The van der Waals surface area contributed by atoms with Crippen molar-refractivity contribution in [1.29, 1.82) is 0 Å². The van der Waals surface area contributed by atoms with Crippen LogP contribution in [0.15, 0.2) is 23.2 Å². The van der Waals surface area contributed by atoms with E-state index in [1.54, 1.807) is 6.92 Å². The van der Waals surface area contributed by atoms with E-state index in [0.717, 1.165) is 17.3 Å². The van der Waals surface area contributed by atoms with Gasteiger partial charge in [-0.2, -0.15) is 0 Å². The van der Waals surface area contributed by atoms with Crippen molar-refractivity contribution in [2.45, 2.75) is 38.3 Å². The van der Waals surface area contributed by atoms with Crippen LogP contribution in [0.1, 0.15) is 26.2 Å². The molecule has 0 radical (unpaired) electrons. The molecule has 2 nitrogen and oxygen atoms in total. The molecular formula is C11H17BrClNO. The number of rotatable bonds is 4. The smallest absolute Gasteiger partial charge is 0.131 e. The Morgan fingerprint density at radius 3 is 3.00 bits per heavy atom. The molecule has 1 heterocycles. The number of hydrogen-bond acceptors (Lipinski definition) is 2. The monoisotopic (exact) mass is 293 g/mol. The third-order valence-electron chi connectivity index (χ3n) is 2.31. The lowest BCUT2D eigenvalue weighted by atomic mass is 10.0. The quantitative estimate of drug-likeness (QED) is 0.808. The van der Waals surface area contributed by atoms with E-state index in [0.29, 0.717) is 12.5 Å². The van der Waals surface area contributed by atoms with E-state index in [2.05, 4.69) is 33.9 Å². The van der Waals surface area contributed by atoms with E-state index in [1.807, 2.05) is 6.08 Å². The molecule has 2 atom stereocenters. The molecule has 1 rings (SSSR count). The van der Waals surface area contributed by atoms with E-state index in [-0.39, 0.29) is 24.2 Å². The van der Waals surface area contributed by atoms with Gasteiger partial charge in [-0.1, -0.05) is 28.1 Å². The van der Waals surface area contributed by atoms with Gasteiger partial charge in [-0.25, -0.2) is 0 Å². The third kappa shape index (κ3) is 4.96. The van der Waals surface area contributed by atoms with Crippen LogP contribution in [-0.2, 0) is 4.79 Å². The molecule has 2 unspecified atom stereocenters. The first-order valence-electron chi connectivity index (χ1n) is 4.85. The van der Waals surface area contributed by atoms with Crippen molar-refractivity contribution in [2.75, 3.05) is 0 Å². The van der Waals surface area contributed by atoms with Gasteiger partial charge in [0.25, 0.3) is 0 Å². The fraction of sp³-hybridized carbons (Fsp3) is 0.545. The molecule has 0 saturated carbocycles. The standard InChI is InChI=1S/C11H16BrNO.ClH/c1-3-4-9-5-6-10(12)11(13-9)7-8(2)14;/h3,6,9,11,13H,1,4-5,7H2,2H3;1H. The Morgan fingerprint density at radius 2 is 2.47 bits per heavy atom. The second-order valence-electron chi connectivity index (χ2n) is 3.67. The van der Waals surface area contributed by atoms with Crippen molar-refractivity contribution >= 4 is 34.1 Å². The molecule has 0 aromatic heterocycles. The average molecular weight is 295 g/mol. The van der Waals surface area contributed by atoms with Crippen molar-refractivity contribution in [1.82, 2.24) is 5.32 Å². The van der Waals surface area contributed by atoms with Crippen LogP contribution in [0.3, 0.4) is 0 Å². The van der Waals surface area contributed by atoms with Gasteiger partial charge in [0.05, 0.1) is 0 Å². The lowest BCUT2D eigenvalue weighted by Gasteiger charge is -2.28. The third-order valence-corrected chi connectivity index (χ3v) is 3.19. The number of carbonyl (C=O) groups is 1. The highest BCUT2D eigenvalue weighted by molar-refractivity contribution is 9.11. The Bertz CT molecular complexity index is 265. The van der Waals surface area contributed by atoms with Gasteiger partial charge >= 0.3 is 0 Å². The van der Waals surface area contributed by atoms with Crippen LogP contribution < -0.4 is 5.32 Å². The van der Waals surface area contributed by atoms with Gasteiger partial charge in [0.15, 0.2) is 0 Å². The molecule has 1 N–H and O–H groups in total. The summed E-state index contributed by atoms with van der Waals surface area (Å²) in [5.41, 5.74) is 0. The zero-order valence-corrected chi connectivity index (χ0v) is 11.2. The second-order valence-corrected chi connectivity index (χ2v) is 4.59. The van der Waals surface area contributed by atoms with Crippen molar-refractivity contribution in [2.24, 2.45) is 0 Å². The SMILES string of the molecule is C=CCC1CC=C(Br)C(CC(C)=O)N1.Cl. The predicted molar refractivity (Wildman–Crippen MR) is 69.7 cm³/mol. The molecule has 1 aliphatic rings. The molecule has 0 aromatic rings. The van der Waals surface area contributed by atoms with Gasteiger partial charge < -0.3 is 5.32 Å². The summed E-state index contributed by atoms with van der Waals surface area (Å²) in [6.45, 7) is 5.34. The van der Waals surface area contributed by atoms with Gasteiger partial charge in [0.1, 0.15) is 5.78 Å². The minimum atomic E-state index is 0. The zero-order chi connectivity index (χ0) is 10.6. The highest BCUT2D eigenvalue weighted by atomic mass is 79.9. The summed E-state index contributed by atoms with van der Waals surface area (Å²) >= 11 is 3.48. The summed E-state index contributed by atoms with van der Waals surface area (Å²) in [5, 5.41) is 3.43. The summed E-state index contributed by atoms with van der Waals surface area (Å²) in [5.74, 6) is 0.215. The maximum Gasteiger partial charge on any atom is 0.131 e. The van der Waals surface area contributed by atoms with Crippen LogP contribution in [0.25, 0.3) is 0 Å². The Balaban J connectivity index is 0.00000196. The minimum absolute atomic E-state index is 0. The Hall–Kier alpha value is -0.120. The van der Waals surface area contributed by atoms with Crippen LogP contribution in [0.2, 0.25) is 0 Å². The highest BCUT2D eigenvalue weighted by Crippen LogP contribution is 2.22. The topological polar surface area (TPSA) is 29.1 Å². The van der Waals surface area contributed by atoms with Crippen molar-refractivity contribution in [3.63, 3.8) is 0 Å². The number of ketones is 1. The molecule has 1 aliphatic heterocycles. The fourth-order valence-corrected chi connectivity index (χ4v) is 2.12. The number of nitrogens with one attached hydrogen (secondary N) is 1. The van der Waals surface area contributed by atoms with Gasteiger partial charge in [-0.3, -0.25) is 4.79 Å². The van der Waals surface area contributed by atoms with E-state index in [4.69, 9.17) is 0 Å². The summed E-state index contributed by atoms with van der Waals surface area (Å²) < 4.78 is 1.10. The van der Waals surface area contributed by atoms with Crippen LogP contribution in [0, 0.1) is 0 Å². The van der Waals surface area contributed by atoms with E-state index in [9.17, 15) is 4.79 Å². The van der Waals surface area contributed by atoms with Crippen molar-refractivity contribution in [3.05, 3.63) is 23.2 Å². The maximum absolute atomic E-state index is 11.0. The number of Topliss-reactive ketones (excluding diaryl/α,β-unsaturated/α-hetero) is 1. The Morgan fingerprint density at radius 1 is 1.80 bits per heavy atom.